The molecule has 0 aromatic rings. The first-order valence-corrected chi connectivity index (χ1v) is 10.8. The van der Waals surface area contributed by atoms with Crippen molar-refractivity contribution in [1.82, 2.24) is 0 Å². The average molecular weight is 514 g/mol. The second-order valence-corrected chi connectivity index (χ2v) is 9.32. The number of hydrogen-bond acceptors (Lipinski definition) is 0. The van der Waals surface area contributed by atoms with Crippen LogP contribution in [-0.2, 0) is 25.8 Å². The van der Waals surface area contributed by atoms with Crippen LogP contribution >= 0.6 is 0 Å². The van der Waals surface area contributed by atoms with Crippen molar-refractivity contribution in [3.8, 4) is 0 Å². The SMILES string of the molecule is CC1=[C-]C2=CC=CCC(C=[Si](C)C)C2=C1C1=C(C)C(C)=CC1.[CH3-].[CH3-].[Hf]. The molecule has 3 rings (SSSR count). The first-order valence-electron chi connectivity index (χ1n) is 8.23. The van der Waals surface area contributed by atoms with Crippen molar-refractivity contribution in [2.24, 2.45) is 5.92 Å². The molecule has 0 bridgehead atoms. The molecule has 0 nitrogen and oxygen atoms in total. The molecule has 0 saturated heterocycles. The molecule has 1 atom stereocenters. The molecule has 0 spiro atoms. The van der Waals surface area contributed by atoms with Crippen molar-refractivity contribution in [2.45, 2.75) is 46.7 Å². The summed E-state index contributed by atoms with van der Waals surface area (Å²) >= 11 is 0. The van der Waals surface area contributed by atoms with Crippen LogP contribution in [0.2, 0.25) is 13.1 Å². The molecule has 1 unspecified atom stereocenters. The summed E-state index contributed by atoms with van der Waals surface area (Å²) in [6.07, 6.45) is 15.0. The van der Waals surface area contributed by atoms with Crippen molar-refractivity contribution in [3.63, 3.8) is 0 Å². The maximum absolute atomic E-state index is 3.65. The smallest absolute Gasteiger partial charge is 0 e. The predicted octanol–water partition coefficient (Wildman–Crippen LogP) is 6.25. The molecule has 0 aromatic heterocycles. The van der Waals surface area contributed by atoms with Gasteiger partial charge in [0.15, 0.2) is 0 Å². The number of allylic oxidation sites excluding steroid dienone is 12. The molecule has 3 aliphatic rings. The van der Waals surface area contributed by atoms with Gasteiger partial charge in [-0.3, -0.25) is 0 Å². The van der Waals surface area contributed by atoms with E-state index in [1.165, 1.54) is 39.0 Å². The third-order valence-corrected chi connectivity index (χ3v) is 5.98. The summed E-state index contributed by atoms with van der Waals surface area (Å²) in [5, 5.41) is 0. The quantitative estimate of drug-likeness (QED) is 0.302. The molecule has 0 aliphatic heterocycles. The van der Waals surface area contributed by atoms with Gasteiger partial charge in [-0.1, -0.05) is 48.9 Å². The third-order valence-electron chi connectivity index (χ3n) is 4.91. The average Bonchev–Trinajstić information content (AvgIpc) is 2.87. The van der Waals surface area contributed by atoms with Gasteiger partial charge in [-0.2, -0.15) is 5.57 Å². The van der Waals surface area contributed by atoms with Crippen molar-refractivity contribution >= 4 is 14.1 Å². The van der Waals surface area contributed by atoms with Crippen LogP contribution in [0.15, 0.2) is 63.3 Å². The van der Waals surface area contributed by atoms with Gasteiger partial charge in [-0.15, -0.1) is 40.6 Å². The Morgan fingerprint density at radius 1 is 1.16 bits per heavy atom. The molecular weight excluding hydrogens is 483 g/mol. The van der Waals surface area contributed by atoms with E-state index in [0.717, 1.165) is 12.8 Å². The minimum absolute atomic E-state index is 0. The monoisotopic (exact) mass is 515 g/mol. The summed E-state index contributed by atoms with van der Waals surface area (Å²) in [6.45, 7) is 11.5. The summed E-state index contributed by atoms with van der Waals surface area (Å²) in [7, 11) is -0.361. The zero-order valence-electron chi connectivity index (χ0n) is 16.9. The topological polar surface area (TPSA) is 0 Å². The Balaban J connectivity index is 0.00000192. The summed E-state index contributed by atoms with van der Waals surface area (Å²) in [4.78, 5) is 0. The summed E-state index contributed by atoms with van der Waals surface area (Å²) in [5.41, 5.74) is 12.7. The van der Waals surface area contributed by atoms with E-state index < -0.39 is 0 Å². The normalized spacial score (nSPS) is 21.2. The van der Waals surface area contributed by atoms with Gasteiger partial charge >= 0.3 is 0 Å². The van der Waals surface area contributed by atoms with Crippen molar-refractivity contribution < 1.29 is 25.8 Å². The third kappa shape index (κ3) is 4.77. The molecule has 2 heteroatoms. The number of rotatable bonds is 2. The van der Waals surface area contributed by atoms with Gasteiger partial charge in [-0.25, -0.2) is 0 Å². The summed E-state index contributed by atoms with van der Waals surface area (Å²) in [6, 6.07) is 0. The van der Waals surface area contributed by atoms with Gasteiger partial charge in [-0.05, 0) is 41.0 Å². The van der Waals surface area contributed by atoms with E-state index in [-0.39, 0.29) is 49.1 Å². The van der Waals surface area contributed by atoms with Gasteiger partial charge in [0, 0.05) is 25.8 Å². The Morgan fingerprint density at radius 2 is 1.84 bits per heavy atom. The second-order valence-electron chi connectivity index (χ2n) is 6.83. The van der Waals surface area contributed by atoms with Crippen LogP contribution in [0.5, 0.6) is 0 Å². The van der Waals surface area contributed by atoms with E-state index >= 15 is 0 Å². The molecule has 134 valence electrons. The molecule has 0 N–H and O–H groups in total. The Hall–Kier alpha value is -0.603. The predicted molar refractivity (Wildman–Crippen MR) is 112 cm³/mol. The fraction of sp³-hybridized carbons (Fsp3) is 0.348. The molecule has 0 saturated carbocycles. The Kier molecular flexibility index (Phi) is 9.68. The molecule has 0 amide bonds. The molecule has 25 heavy (non-hydrogen) atoms. The molecule has 3 aliphatic carbocycles. The van der Waals surface area contributed by atoms with Crippen molar-refractivity contribution in [2.75, 3.05) is 0 Å². The van der Waals surface area contributed by atoms with Gasteiger partial charge in [0.05, 0.1) is 0 Å². The van der Waals surface area contributed by atoms with Crippen molar-refractivity contribution in [1.29, 1.82) is 0 Å². The maximum atomic E-state index is 3.65. The fourth-order valence-electron chi connectivity index (χ4n) is 3.72. The van der Waals surface area contributed by atoms with Gasteiger partial charge in [0.1, 0.15) is 0 Å². The van der Waals surface area contributed by atoms with Crippen LogP contribution in [-0.4, -0.2) is 14.1 Å². The summed E-state index contributed by atoms with van der Waals surface area (Å²) < 4.78 is 0. The van der Waals surface area contributed by atoms with Crippen LogP contribution in [0.4, 0.5) is 0 Å². The minimum Gasteiger partial charge on any atom is -0.358 e. The van der Waals surface area contributed by atoms with E-state index in [9.17, 15) is 0 Å². The Morgan fingerprint density at radius 3 is 2.40 bits per heavy atom. The van der Waals surface area contributed by atoms with Crippen LogP contribution in [0, 0.1) is 26.8 Å². The molecular formula is C23H31HfSi-3. The number of fused-ring (bicyclic) bond motifs is 1. The first-order chi connectivity index (χ1) is 10.5. The minimum atomic E-state index is -0.361. The zero-order valence-corrected chi connectivity index (χ0v) is 21.5. The molecule has 0 heterocycles. The number of hydrogen-bond donors (Lipinski definition) is 0. The van der Waals surface area contributed by atoms with Gasteiger partial charge < -0.3 is 14.9 Å². The van der Waals surface area contributed by atoms with Crippen molar-refractivity contribution in [3.05, 3.63) is 84.2 Å². The Bertz CT molecular complexity index is 732. The van der Waals surface area contributed by atoms with E-state index in [1.54, 1.807) is 0 Å². The van der Waals surface area contributed by atoms with Crippen LogP contribution in [0.25, 0.3) is 0 Å². The van der Waals surface area contributed by atoms with E-state index in [1.807, 2.05) is 0 Å². The van der Waals surface area contributed by atoms with Gasteiger partial charge in [0.25, 0.3) is 0 Å². The van der Waals surface area contributed by atoms with Gasteiger partial charge in [0.2, 0.25) is 0 Å². The zero-order chi connectivity index (χ0) is 15.9. The fourth-order valence-corrected chi connectivity index (χ4v) is 4.83. The largest absolute Gasteiger partial charge is 0.358 e. The molecule has 0 aromatic carbocycles. The Labute approximate surface area is 176 Å². The van der Waals surface area contributed by atoms with E-state index in [2.05, 4.69) is 69.9 Å². The van der Waals surface area contributed by atoms with E-state index in [0.29, 0.717) is 5.92 Å². The van der Waals surface area contributed by atoms with Crippen LogP contribution in [0.1, 0.15) is 33.6 Å². The van der Waals surface area contributed by atoms with Crippen LogP contribution < -0.4 is 0 Å². The second kappa shape index (κ2) is 9.92. The molecule has 0 radical (unpaired) electrons. The van der Waals surface area contributed by atoms with Crippen LogP contribution in [0.3, 0.4) is 0 Å². The summed E-state index contributed by atoms with van der Waals surface area (Å²) in [5.74, 6) is 0.551. The standard InChI is InChI=1S/C21H25Si.2CH3.Hf/c1-14-10-11-19(16(14)3)20-15(2)12-17-8-6-7-9-18(21(17)20)13-22(4)5;;;/h6-8,10,13,18H,9,11H2,1-5H3;2*1H3;/q3*-1;. The van der Waals surface area contributed by atoms with E-state index in [4.69, 9.17) is 0 Å². The molecule has 0 fully saturated rings. The maximum Gasteiger partial charge on any atom is 0 e. The first kappa shape index (κ1) is 24.4.